The molecule has 0 saturated carbocycles. The fourth-order valence-corrected chi connectivity index (χ4v) is 4.78. The molecule has 25 heavy (non-hydrogen) atoms. The number of piperidine rings is 1. The number of allylic oxidation sites excluding steroid dienone is 2. The van der Waals surface area contributed by atoms with E-state index in [0.717, 1.165) is 25.9 Å². The van der Waals surface area contributed by atoms with Gasteiger partial charge in [0.15, 0.2) is 0 Å². The van der Waals surface area contributed by atoms with Gasteiger partial charge in [0.2, 0.25) is 0 Å². The van der Waals surface area contributed by atoms with E-state index in [1.165, 1.54) is 35.2 Å². The van der Waals surface area contributed by atoms with Crippen LogP contribution in [0, 0.1) is 18.3 Å². The second-order valence-electron chi connectivity index (χ2n) is 9.31. The highest BCUT2D eigenvalue weighted by Gasteiger charge is 2.38. The minimum Gasteiger partial charge on any atom is -0.375 e. The molecule has 0 N–H and O–H groups in total. The molecule has 3 rings (SSSR count). The number of nitrogens with zero attached hydrogens (tertiary/aromatic N) is 1. The Morgan fingerprint density at radius 3 is 2.68 bits per heavy atom. The molecule has 1 heterocycles. The average molecular weight is 338 g/mol. The van der Waals surface area contributed by atoms with Gasteiger partial charge in [0.25, 0.3) is 0 Å². The molecule has 0 radical (unpaired) electrons. The molecular formula is C24H35N. The van der Waals surface area contributed by atoms with Gasteiger partial charge >= 0.3 is 0 Å². The maximum absolute atomic E-state index is 4.40. The van der Waals surface area contributed by atoms with Crippen LogP contribution in [0.25, 0.3) is 5.57 Å². The predicted molar refractivity (Wildman–Crippen MR) is 110 cm³/mol. The average Bonchev–Trinajstić information content (AvgIpc) is 2.89. The van der Waals surface area contributed by atoms with E-state index in [2.05, 4.69) is 64.8 Å². The second-order valence-corrected chi connectivity index (χ2v) is 9.31. The highest BCUT2D eigenvalue weighted by Crippen LogP contribution is 2.46. The van der Waals surface area contributed by atoms with Crippen LogP contribution in [0.5, 0.6) is 0 Å². The summed E-state index contributed by atoms with van der Waals surface area (Å²) in [5, 5.41) is 0. The van der Waals surface area contributed by atoms with Crippen molar-refractivity contribution in [2.24, 2.45) is 11.3 Å². The van der Waals surface area contributed by atoms with Crippen molar-refractivity contribution in [1.29, 1.82) is 0 Å². The molecule has 1 aliphatic carbocycles. The van der Waals surface area contributed by atoms with Gasteiger partial charge in [-0.25, -0.2) is 0 Å². The predicted octanol–water partition coefficient (Wildman–Crippen LogP) is 6.33. The van der Waals surface area contributed by atoms with E-state index in [4.69, 9.17) is 0 Å². The largest absolute Gasteiger partial charge is 0.375 e. The molecule has 1 saturated heterocycles. The summed E-state index contributed by atoms with van der Waals surface area (Å²) in [6, 6.07) is 4.73. The molecule has 1 aliphatic heterocycles. The lowest BCUT2D eigenvalue weighted by Crippen LogP contribution is -2.43. The van der Waals surface area contributed by atoms with Gasteiger partial charge < -0.3 is 4.90 Å². The normalized spacial score (nSPS) is 22.4. The molecule has 1 heteroatoms. The first-order chi connectivity index (χ1) is 11.7. The molecule has 1 nitrogen and oxygen atoms in total. The van der Waals surface area contributed by atoms with E-state index >= 15 is 0 Å². The molecule has 136 valence electrons. The van der Waals surface area contributed by atoms with Crippen LogP contribution in [0.3, 0.4) is 0 Å². The van der Waals surface area contributed by atoms with Crippen LogP contribution in [-0.2, 0) is 6.42 Å². The monoisotopic (exact) mass is 337 g/mol. The van der Waals surface area contributed by atoms with E-state index in [1.807, 2.05) is 0 Å². The first kappa shape index (κ1) is 18.3. The summed E-state index contributed by atoms with van der Waals surface area (Å²) in [6.45, 7) is 22.7. The number of benzene rings is 1. The number of hydrogen-bond donors (Lipinski definition) is 0. The lowest BCUT2D eigenvalue weighted by atomic mass is 9.68. The fraction of sp³-hybridized carbons (Fsp3) is 0.583. The van der Waals surface area contributed by atoms with Crippen molar-refractivity contribution in [3.05, 3.63) is 53.2 Å². The van der Waals surface area contributed by atoms with Crippen LogP contribution in [0.1, 0.15) is 75.1 Å². The van der Waals surface area contributed by atoms with Gasteiger partial charge in [-0.1, -0.05) is 53.0 Å². The summed E-state index contributed by atoms with van der Waals surface area (Å²) in [6.07, 6.45) is 4.64. The first-order valence-corrected chi connectivity index (χ1v) is 9.94. The Bertz CT molecular complexity index is 692. The van der Waals surface area contributed by atoms with Crippen molar-refractivity contribution in [3.63, 3.8) is 0 Å². The van der Waals surface area contributed by atoms with Gasteiger partial charge in [-0.05, 0) is 71.8 Å². The summed E-state index contributed by atoms with van der Waals surface area (Å²) in [5.74, 6) is 1.25. The van der Waals surface area contributed by atoms with Crippen molar-refractivity contribution >= 4 is 5.57 Å². The minimum atomic E-state index is 0.337. The van der Waals surface area contributed by atoms with Gasteiger partial charge in [0, 0.05) is 24.7 Å². The van der Waals surface area contributed by atoms with Crippen molar-refractivity contribution in [3.8, 4) is 0 Å². The summed E-state index contributed by atoms with van der Waals surface area (Å²) in [5.41, 5.74) is 9.02. The molecular weight excluding hydrogens is 302 g/mol. The number of likely N-dealkylation sites (tertiary alicyclic amines) is 1. The van der Waals surface area contributed by atoms with Gasteiger partial charge in [-0.2, -0.15) is 0 Å². The third kappa shape index (κ3) is 3.43. The quantitative estimate of drug-likeness (QED) is 0.620. The topological polar surface area (TPSA) is 3.24 Å². The Balaban J connectivity index is 1.91. The molecule has 1 aromatic carbocycles. The molecule has 0 spiro atoms. The first-order valence-electron chi connectivity index (χ1n) is 9.94. The Morgan fingerprint density at radius 2 is 2.00 bits per heavy atom. The molecule has 0 bridgehead atoms. The Hall–Kier alpha value is -1.50. The SMILES string of the molecule is C=C1CCc2c1ccc(C1CN(C(=C)CC(C)C)CCC1(C)C)c2C. The van der Waals surface area contributed by atoms with Gasteiger partial charge in [0.1, 0.15) is 0 Å². The van der Waals surface area contributed by atoms with Gasteiger partial charge in [0.05, 0.1) is 0 Å². The maximum Gasteiger partial charge on any atom is 0.0248 e. The number of rotatable bonds is 4. The van der Waals surface area contributed by atoms with Crippen LogP contribution in [0.4, 0.5) is 0 Å². The summed E-state index contributed by atoms with van der Waals surface area (Å²) in [7, 11) is 0. The minimum absolute atomic E-state index is 0.337. The number of fused-ring (bicyclic) bond motifs is 1. The Labute approximate surface area is 154 Å². The lowest BCUT2D eigenvalue weighted by Gasteiger charge is -2.46. The van der Waals surface area contributed by atoms with E-state index in [1.54, 1.807) is 11.1 Å². The molecule has 1 atom stereocenters. The highest BCUT2D eigenvalue weighted by atomic mass is 15.1. The summed E-state index contributed by atoms with van der Waals surface area (Å²) < 4.78 is 0. The van der Waals surface area contributed by atoms with Crippen LogP contribution >= 0.6 is 0 Å². The highest BCUT2D eigenvalue weighted by molar-refractivity contribution is 5.72. The Kier molecular flexibility index (Phi) is 4.88. The number of hydrogen-bond acceptors (Lipinski definition) is 1. The lowest BCUT2D eigenvalue weighted by molar-refractivity contribution is 0.124. The van der Waals surface area contributed by atoms with Crippen LogP contribution in [-0.4, -0.2) is 18.0 Å². The zero-order valence-corrected chi connectivity index (χ0v) is 16.9. The van der Waals surface area contributed by atoms with E-state index in [9.17, 15) is 0 Å². The van der Waals surface area contributed by atoms with Crippen molar-refractivity contribution in [2.75, 3.05) is 13.1 Å². The van der Waals surface area contributed by atoms with Crippen LogP contribution in [0.15, 0.2) is 31.0 Å². The summed E-state index contributed by atoms with van der Waals surface area (Å²) in [4.78, 5) is 2.56. The zero-order chi connectivity index (χ0) is 18.4. The van der Waals surface area contributed by atoms with Gasteiger partial charge in [-0.15, -0.1) is 0 Å². The maximum atomic E-state index is 4.40. The Morgan fingerprint density at radius 1 is 1.28 bits per heavy atom. The van der Waals surface area contributed by atoms with E-state index < -0.39 is 0 Å². The van der Waals surface area contributed by atoms with Crippen LogP contribution in [0.2, 0.25) is 0 Å². The van der Waals surface area contributed by atoms with E-state index in [-0.39, 0.29) is 0 Å². The van der Waals surface area contributed by atoms with Crippen molar-refractivity contribution in [1.82, 2.24) is 4.90 Å². The van der Waals surface area contributed by atoms with Gasteiger partial charge in [-0.3, -0.25) is 0 Å². The van der Waals surface area contributed by atoms with E-state index in [0.29, 0.717) is 17.3 Å². The zero-order valence-electron chi connectivity index (χ0n) is 16.9. The third-order valence-corrected chi connectivity index (χ3v) is 6.54. The molecule has 0 amide bonds. The third-order valence-electron chi connectivity index (χ3n) is 6.54. The standard InChI is InChI=1S/C24H35N/c1-16(2)14-18(4)25-13-12-24(6,7)23(15-25)22-11-10-20-17(3)8-9-21(20)19(22)5/h10-11,16,23H,3-4,8-9,12-15H2,1-2,5-7H3. The second kappa shape index (κ2) is 6.67. The van der Waals surface area contributed by atoms with Crippen LogP contribution < -0.4 is 0 Å². The molecule has 1 fully saturated rings. The molecule has 2 aliphatic rings. The van der Waals surface area contributed by atoms with Crippen molar-refractivity contribution < 1.29 is 0 Å². The molecule has 1 unspecified atom stereocenters. The van der Waals surface area contributed by atoms with Crippen molar-refractivity contribution in [2.45, 2.75) is 66.2 Å². The molecule has 1 aromatic rings. The molecule has 0 aromatic heterocycles. The smallest absolute Gasteiger partial charge is 0.0248 e. The summed E-state index contributed by atoms with van der Waals surface area (Å²) >= 11 is 0. The fourth-order valence-electron chi connectivity index (χ4n) is 4.78.